The smallest absolute Gasteiger partial charge is 0.204 e. The second kappa shape index (κ2) is 8.08. The highest BCUT2D eigenvalue weighted by atomic mass is 16.6. The third-order valence-electron chi connectivity index (χ3n) is 6.44. The van der Waals surface area contributed by atoms with Crippen molar-refractivity contribution in [1.82, 2.24) is 24.3 Å². The van der Waals surface area contributed by atoms with E-state index in [4.69, 9.17) is 14.2 Å². The molecule has 9 nitrogen and oxygen atoms in total. The van der Waals surface area contributed by atoms with Crippen molar-refractivity contribution in [2.24, 2.45) is 0 Å². The molecule has 0 radical (unpaired) electrons. The number of benzene rings is 1. The van der Waals surface area contributed by atoms with Gasteiger partial charge in [-0.1, -0.05) is 0 Å². The lowest BCUT2D eigenvalue weighted by Crippen LogP contribution is -2.22. The van der Waals surface area contributed by atoms with Crippen LogP contribution in [0, 0.1) is 0 Å². The van der Waals surface area contributed by atoms with Gasteiger partial charge in [0.2, 0.25) is 5.75 Å². The van der Waals surface area contributed by atoms with Crippen molar-refractivity contribution in [3.63, 3.8) is 0 Å². The first-order chi connectivity index (χ1) is 16.2. The van der Waals surface area contributed by atoms with E-state index in [-0.39, 0.29) is 12.7 Å². The van der Waals surface area contributed by atoms with E-state index in [2.05, 4.69) is 21.3 Å². The topological polar surface area (TPSA) is 96.5 Å². The van der Waals surface area contributed by atoms with Crippen molar-refractivity contribution in [2.75, 3.05) is 13.7 Å². The van der Waals surface area contributed by atoms with E-state index in [0.29, 0.717) is 36.4 Å². The fourth-order valence-corrected chi connectivity index (χ4v) is 4.36. The van der Waals surface area contributed by atoms with E-state index < -0.39 is 0 Å². The minimum Gasteiger partial charge on any atom is -0.493 e. The second-order valence-electron chi connectivity index (χ2n) is 8.60. The van der Waals surface area contributed by atoms with E-state index >= 15 is 0 Å². The number of pyridine rings is 1. The Bertz CT molecular complexity index is 1290. The number of rotatable bonds is 6. The van der Waals surface area contributed by atoms with Crippen molar-refractivity contribution in [3.05, 3.63) is 59.8 Å². The molecule has 6 rings (SSSR count). The Morgan fingerprint density at radius 2 is 2.06 bits per heavy atom. The quantitative estimate of drug-likeness (QED) is 0.484. The lowest BCUT2D eigenvalue weighted by Gasteiger charge is -2.28. The monoisotopic (exact) mass is 447 g/mol. The van der Waals surface area contributed by atoms with Crippen LogP contribution in [0.1, 0.15) is 48.1 Å². The predicted molar refractivity (Wildman–Crippen MR) is 120 cm³/mol. The van der Waals surface area contributed by atoms with Crippen LogP contribution >= 0.6 is 0 Å². The zero-order valence-corrected chi connectivity index (χ0v) is 18.3. The van der Waals surface area contributed by atoms with Crippen LogP contribution in [-0.2, 0) is 13.2 Å². The zero-order chi connectivity index (χ0) is 22.4. The summed E-state index contributed by atoms with van der Waals surface area (Å²) in [4.78, 5) is 8.87. The van der Waals surface area contributed by atoms with Gasteiger partial charge in [-0.15, -0.1) is 0 Å². The molecule has 1 aliphatic carbocycles. The Morgan fingerprint density at radius 3 is 2.85 bits per heavy atom. The molecule has 1 saturated carbocycles. The molecule has 1 atom stereocenters. The standard InChI is InChI=1S/C24H25N5O4/c1-31-20-6-15(10-28-14-26-19-5-16(12-30)8-25-24(19)28)7-21-23(20)33-22(13-32-21)17-9-27-29(11-17)18-3-2-4-18/h5-9,11,14,18,22,30H,2-4,10,12-13H2,1H3. The van der Waals surface area contributed by atoms with Crippen LogP contribution in [0.2, 0.25) is 0 Å². The number of ether oxygens (including phenoxy) is 3. The number of aliphatic hydroxyl groups excluding tert-OH is 1. The van der Waals surface area contributed by atoms with E-state index in [1.54, 1.807) is 19.6 Å². The van der Waals surface area contributed by atoms with Gasteiger partial charge in [-0.25, -0.2) is 9.97 Å². The number of hydrogen-bond acceptors (Lipinski definition) is 7. The first kappa shape index (κ1) is 20.0. The maximum Gasteiger partial charge on any atom is 0.204 e. The molecule has 33 heavy (non-hydrogen) atoms. The molecule has 1 fully saturated rings. The van der Waals surface area contributed by atoms with Crippen LogP contribution in [-0.4, -0.2) is 43.1 Å². The van der Waals surface area contributed by atoms with Gasteiger partial charge in [-0.05, 0) is 48.6 Å². The van der Waals surface area contributed by atoms with Gasteiger partial charge in [-0.2, -0.15) is 5.10 Å². The molecule has 3 aromatic heterocycles. The summed E-state index contributed by atoms with van der Waals surface area (Å²) in [5.74, 6) is 1.89. The number of fused-ring (bicyclic) bond motifs is 2. The van der Waals surface area contributed by atoms with Gasteiger partial charge in [0.1, 0.15) is 12.1 Å². The maximum absolute atomic E-state index is 9.32. The van der Waals surface area contributed by atoms with Crippen molar-refractivity contribution >= 4 is 11.2 Å². The predicted octanol–water partition coefficient (Wildman–Crippen LogP) is 3.41. The minimum absolute atomic E-state index is 0.0580. The molecule has 0 spiro atoms. The van der Waals surface area contributed by atoms with Gasteiger partial charge in [0.05, 0.1) is 38.8 Å². The maximum atomic E-state index is 9.32. The summed E-state index contributed by atoms with van der Waals surface area (Å²) >= 11 is 0. The highest BCUT2D eigenvalue weighted by Gasteiger charge is 2.29. The summed E-state index contributed by atoms with van der Waals surface area (Å²) in [7, 11) is 1.63. The molecular formula is C24H25N5O4. The van der Waals surface area contributed by atoms with Gasteiger partial charge >= 0.3 is 0 Å². The average molecular weight is 447 g/mol. The van der Waals surface area contributed by atoms with Crippen molar-refractivity contribution in [1.29, 1.82) is 0 Å². The summed E-state index contributed by atoms with van der Waals surface area (Å²) in [6.45, 7) is 0.902. The Labute approximate surface area is 190 Å². The molecule has 4 heterocycles. The minimum atomic E-state index is -0.228. The van der Waals surface area contributed by atoms with Gasteiger partial charge in [0.15, 0.2) is 23.3 Å². The highest BCUT2D eigenvalue weighted by Crippen LogP contribution is 2.44. The summed E-state index contributed by atoms with van der Waals surface area (Å²) in [5.41, 5.74) is 4.23. The normalized spacial score (nSPS) is 17.8. The molecule has 1 N–H and O–H groups in total. The number of methoxy groups -OCH3 is 1. The number of imidazole rings is 1. The molecule has 1 aromatic carbocycles. The van der Waals surface area contributed by atoms with Gasteiger partial charge in [-0.3, -0.25) is 4.68 Å². The molecular weight excluding hydrogens is 422 g/mol. The van der Waals surface area contributed by atoms with E-state index in [9.17, 15) is 5.11 Å². The first-order valence-corrected chi connectivity index (χ1v) is 11.2. The lowest BCUT2D eigenvalue weighted by atomic mass is 9.93. The van der Waals surface area contributed by atoms with E-state index in [0.717, 1.165) is 27.9 Å². The Balaban J connectivity index is 1.25. The highest BCUT2D eigenvalue weighted by molar-refractivity contribution is 5.71. The molecule has 9 heteroatoms. The third-order valence-corrected chi connectivity index (χ3v) is 6.44. The molecule has 1 aliphatic heterocycles. The van der Waals surface area contributed by atoms with E-state index in [1.807, 2.05) is 33.6 Å². The van der Waals surface area contributed by atoms with Crippen LogP contribution < -0.4 is 14.2 Å². The van der Waals surface area contributed by atoms with Gasteiger partial charge in [0, 0.05) is 18.0 Å². The average Bonchev–Trinajstić information content (AvgIpc) is 3.44. The molecule has 0 saturated heterocycles. The van der Waals surface area contributed by atoms with Crippen LogP contribution in [0.4, 0.5) is 0 Å². The van der Waals surface area contributed by atoms with Crippen molar-refractivity contribution in [3.8, 4) is 17.2 Å². The zero-order valence-electron chi connectivity index (χ0n) is 18.3. The Hall–Kier alpha value is -3.59. The molecule has 1 unspecified atom stereocenters. The first-order valence-electron chi connectivity index (χ1n) is 11.2. The Kier molecular flexibility index (Phi) is 4.91. The van der Waals surface area contributed by atoms with Gasteiger partial charge in [0.25, 0.3) is 0 Å². The molecule has 0 bridgehead atoms. The summed E-state index contributed by atoms with van der Waals surface area (Å²) in [5, 5.41) is 13.8. The van der Waals surface area contributed by atoms with Crippen LogP contribution in [0.15, 0.2) is 43.1 Å². The van der Waals surface area contributed by atoms with Crippen LogP contribution in [0.5, 0.6) is 17.2 Å². The molecule has 170 valence electrons. The van der Waals surface area contributed by atoms with Crippen LogP contribution in [0.3, 0.4) is 0 Å². The van der Waals surface area contributed by atoms with E-state index in [1.165, 1.54) is 19.3 Å². The fraction of sp³-hybridized carbons (Fsp3) is 0.375. The lowest BCUT2D eigenvalue weighted by molar-refractivity contribution is 0.0868. The molecule has 0 amide bonds. The van der Waals surface area contributed by atoms with Gasteiger partial charge < -0.3 is 23.9 Å². The largest absolute Gasteiger partial charge is 0.493 e. The number of aliphatic hydroxyl groups is 1. The summed E-state index contributed by atoms with van der Waals surface area (Å²) < 4.78 is 22.1. The number of aromatic nitrogens is 5. The van der Waals surface area contributed by atoms with Crippen molar-refractivity contribution in [2.45, 2.75) is 44.6 Å². The second-order valence-corrected chi connectivity index (χ2v) is 8.60. The number of hydrogen-bond donors (Lipinski definition) is 1. The number of nitrogens with zero attached hydrogens (tertiary/aromatic N) is 5. The summed E-state index contributed by atoms with van der Waals surface area (Å²) in [6, 6.07) is 6.28. The van der Waals surface area contributed by atoms with Crippen LogP contribution in [0.25, 0.3) is 11.2 Å². The SMILES string of the molecule is COc1cc(Cn2cnc3cc(CO)cnc32)cc2c1OC(c1cnn(C3CCC3)c1)CO2. The fourth-order valence-electron chi connectivity index (χ4n) is 4.36. The molecule has 2 aliphatic rings. The Morgan fingerprint density at radius 1 is 1.15 bits per heavy atom. The third kappa shape index (κ3) is 3.58. The summed E-state index contributed by atoms with van der Waals surface area (Å²) in [6.07, 6.45) is 10.8. The van der Waals surface area contributed by atoms with Crippen molar-refractivity contribution < 1.29 is 19.3 Å². The molecule has 4 aromatic rings.